The molecule has 0 heterocycles. The summed E-state index contributed by atoms with van der Waals surface area (Å²) in [5.74, 6) is -1.43. The van der Waals surface area contributed by atoms with E-state index in [9.17, 15) is 14.4 Å². The third-order valence-electron chi connectivity index (χ3n) is 6.58. The fourth-order valence-corrected chi connectivity index (χ4v) is 4.41. The third-order valence-corrected chi connectivity index (χ3v) is 6.58. The number of fused-ring (bicyclic) bond motifs is 1. The molecule has 0 bridgehead atoms. The van der Waals surface area contributed by atoms with Crippen molar-refractivity contribution in [1.82, 2.24) is 10.2 Å². The summed E-state index contributed by atoms with van der Waals surface area (Å²) in [7, 11) is 1.57. The van der Waals surface area contributed by atoms with Crippen LogP contribution in [0.25, 0.3) is 10.8 Å². The highest BCUT2D eigenvalue weighted by molar-refractivity contribution is 5.93. The van der Waals surface area contributed by atoms with E-state index in [0.29, 0.717) is 25.8 Å². The Bertz CT molecular complexity index is 1200. The second-order valence-corrected chi connectivity index (χ2v) is 9.39. The first kappa shape index (κ1) is 27.8. The average Bonchev–Trinajstić information content (AvgIpc) is 2.90. The molecule has 0 aliphatic rings. The van der Waals surface area contributed by atoms with Crippen LogP contribution in [0.15, 0.2) is 72.8 Å². The first-order chi connectivity index (χ1) is 17.8. The van der Waals surface area contributed by atoms with Gasteiger partial charge >= 0.3 is 0 Å². The predicted octanol–water partition coefficient (Wildman–Crippen LogP) is 1.88. The highest BCUT2D eigenvalue weighted by Gasteiger charge is 2.32. The van der Waals surface area contributed by atoms with Gasteiger partial charge in [-0.05, 0) is 54.1 Å². The molecular weight excluding hydrogens is 466 g/mol. The van der Waals surface area contributed by atoms with Crippen LogP contribution in [-0.2, 0) is 27.2 Å². The first-order valence-corrected chi connectivity index (χ1v) is 12.6. The Kier molecular flexibility index (Phi) is 10.2. The second kappa shape index (κ2) is 13.5. The van der Waals surface area contributed by atoms with Gasteiger partial charge in [-0.1, -0.05) is 72.8 Å². The van der Waals surface area contributed by atoms with Crippen molar-refractivity contribution in [1.29, 1.82) is 0 Å². The number of hydrogen-bond acceptors (Lipinski definition) is 5. The van der Waals surface area contributed by atoms with E-state index >= 15 is 0 Å². The van der Waals surface area contributed by atoms with Gasteiger partial charge in [0.15, 0.2) is 0 Å². The maximum atomic E-state index is 13.4. The topological polar surface area (TPSA) is 145 Å². The lowest BCUT2D eigenvalue weighted by molar-refractivity contribution is -0.140. The van der Waals surface area contributed by atoms with Gasteiger partial charge < -0.3 is 27.4 Å². The van der Waals surface area contributed by atoms with Crippen molar-refractivity contribution in [2.75, 3.05) is 13.6 Å². The Morgan fingerprint density at radius 2 is 1.54 bits per heavy atom. The van der Waals surface area contributed by atoms with E-state index in [4.69, 9.17) is 17.2 Å². The highest BCUT2D eigenvalue weighted by Crippen LogP contribution is 2.18. The lowest BCUT2D eigenvalue weighted by Crippen LogP contribution is -2.56. The largest absolute Gasteiger partial charge is 0.368 e. The Morgan fingerprint density at radius 3 is 2.22 bits per heavy atom. The molecule has 37 heavy (non-hydrogen) atoms. The molecule has 0 saturated heterocycles. The fraction of sp³-hybridized carbons (Fsp3) is 0.345. The van der Waals surface area contributed by atoms with Gasteiger partial charge in [0.2, 0.25) is 17.7 Å². The minimum Gasteiger partial charge on any atom is -0.368 e. The number of amides is 3. The van der Waals surface area contributed by atoms with Gasteiger partial charge in [0, 0.05) is 13.5 Å². The summed E-state index contributed by atoms with van der Waals surface area (Å²) < 4.78 is 0. The van der Waals surface area contributed by atoms with Gasteiger partial charge in [-0.15, -0.1) is 0 Å². The maximum Gasteiger partial charge on any atom is 0.243 e. The molecule has 0 spiro atoms. The molecule has 3 atom stereocenters. The Labute approximate surface area is 218 Å². The van der Waals surface area contributed by atoms with E-state index in [1.807, 2.05) is 72.8 Å². The monoisotopic (exact) mass is 503 g/mol. The summed E-state index contributed by atoms with van der Waals surface area (Å²) in [6.07, 6.45) is 2.35. The van der Waals surface area contributed by atoms with Crippen LogP contribution in [0.3, 0.4) is 0 Å². The van der Waals surface area contributed by atoms with Gasteiger partial charge in [0.25, 0.3) is 0 Å². The van der Waals surface area contributed by atoms with E-state index in [1.165, 1.54) is 4.90 Å². The molecule has 0 fully saturated rings. The minimum atomic E-state index is -0.867. The zero-order chi connectivity index (χ0) is 26.8. The van der Waals surface area contributed by atoms with Crippen LogP contribution in [0.1, 0.15) is 30.4 Å². The van der Waals surface area contributed by atoms with E-state index in [1.54, 1.807) is 7.05 Å². The third kappa shape index (κ3) is 7.87. The standard InChI is InChI=1S/C29H37N5O3/c1-34(29(37)24(31)18-21-14-15-22-11-5-6-12-23(22)17-21)26(19-20-9-3-2-4-10-20)28(36)33-25(27(32)35)13-7-8-16-30/h2-6,9-12,14-15,17,24-26H,7-8,13,16,18-19,30-31H2,1H3,(H2,32,35)(H,33,36)/t24-,25+,26-/m1/s1. The van der Waals surface area contributed by atoms with Gasteiger partial charge in [0.1, 0.15) is 12.1 Å². The number of carbonyl (C=O) groups is 3. The van der Waals surface area contributed by atoms with Crippen LogP contribution in [0.5, 0.6) is 0 Å². The Morgan fingerprint density at radius 1 is 0.865 bits per heavy atom. The summed E-state index contributed by atoms with van der Waals surface area (Å²) in [5.41, 5.74) is 19.3. The van der Waals surface area contributed by atoms with Gasteiger partial charge in [0.05, 0.1) is 6.04 Å². The molecule has 3 aromatic rings. The molecule has 0 aliphatic heterocycles. The zero-order valence-electron chi connectivity index (χ0n) is 21.3. The van der Waals surface area contributed by atoms with Crippen LogP contribution in [0.2, 0.25) is 0 Å². The molecule has 0 aliphatic carbocycles. The number of nitrogens with two attached hydrogens (primary N) is 3. The quantitative estimate of drug-likeness (QED) is 0.263. The van der Waals surface area contributed by atoms with Crippen molar-refractivity contribution < 1.29 is 14.4 Å². The molecule has 8 heteroatoms. The van der Waals surface area contributed by atoms with Gasteiger partial charge in [-0.2, -0.15) is 0 Å². The molecule has 0 saturated carbocycles. The van der Waals surface area contributed by atoms with Crippen LogP contribution < -0.4 is 22.5 Å². The van der Waals surface area contributed by atoms with Crippen molar-refractivity contribution in [2.24, 2.45) is 17.2 Å². The molecule has 3 rings (SSSR count). The molecular formula is C29H37N5O3. The number of likely N-dealkylation sites (N-methyl/N-ethyl adjacent to an activating group) is 1. The molecule has 8 nitrogen and oxygen atoms in total. The van der Waals surface area contributed by atoms with Crippen LogP contribution in [-0.4, -0.2) is 54.3 Å². The summed E-state index contributed by atoms with van der Waals surface area (Å²) >= 11 is 0. The van der Waals surface area contributed by atoms with Crippen LogP contribution >= 0.6 is 0 Å². The summed E-state index contributed by atoms with van der Waals surface area (Å²) in [6, 6.07) is 20.8. The average molecular weight is 504 g/mol. The molecule has 3 aromatic carbocycles. The predicted molar refractivity (Wildman–Crippen MR) is 146 cm³/mol. The Balaban J connectivity index is 1.76. The first-order valence-electron chi connectivity index (χ1n) is 12.6. The Hall–Kier alpha value is -3.75. The van der Waals surface area contributed by atoms with E-state index < -0.39 is 29.9 Å². The summed E-state index contributed by atoms with van der Waals surface area (Å²) in [4.78, 5) is 40.2. The van der Waals surface area contributed by atoms with Crippen LogP contribution in [0, 0.1) is 0 Å². The number of primary amides is 1. The summed E-state index contributed by atoms with van der Waals surface area (Å²) in [5, 5.41) is 4.93. The van der Waals surface area contributed by atoms with Crippen molar-refractivity contribution in [2.45, 2.75) is 50.2 Å². The maximum absolute atomic E-state index is 13.4. The number of nitrogens with zero attached hydrogens (tertiary/aromatic N) is 1. The number of hydrogen-bond donors (Lipinski definition) is 4. The minimum absolute atomic E-state index is 0.270. The zero-order valence-corrected chi connectivity index (χ0v) is 21.3. The fourth-order valence-electron chi connectivity index (χ4n) is 4.41. The molecule has 196 valence electrons. The molecule has 0 unspecified atom stereocenters. The highest BCUT2D eigenvalue weighted by atomic mass is 16.2. The van der Waals surface area contributed by atoms with E-state index in [0.717, 1.165) is 28.3 Å². The van der Waals surface area contributed by atoms with E-state index in [-0.39, 0.29) is 12.3 Å². The lowest BCUT2D eigenvalue weighted by atomic mass is 9.99. The van der Waals surface area contributed by atoms with Gasteiger partial charge in [-0.3, -0.25) is 14.4 Å². The number of carbonyl (C=O) groups excluding carboxylic acids is 3. The van der Waals surface area contributed by atoms with Crippen molar-refractivity contribution in [3.63, 3.8) is 0 Å². The molecule has 0 aromatic heterocycles. The molecule has 0 radical (unpaired) electrons. The normalized spacial score (nSPS) is 13.5. The summed E-state index contributed by atoms with van der Waals surface area (Å²) in [6.45, 7) is 0.488. The number of nitrogens with one attached hydrogen (secondary N) is 1. The number of benzene rings is 3. The SMILES string of the molecule is CN(C(=O)[C@H](N)Cc1ccc2ccccc2c1)[C@H](Cc1ccccc1)C(=O)N[C@@H](CCCCN)C(N)=O. The lowest BCUT2D eigenvalue weighted by Gasteiger charge is -2.31. The van der Waals surface area contributed by atoms with Crippen molar-refractivity contribution in [3.8, 4) is 0 Å². The molecule has 7 N–H and O–H groups in total. The van der Waals surface area contributed by atoms with Crippen molar-refractivity contribution >= 4 is 28.5 Å². The number of rotatable bonds is 13. The van der Waals surface area contributed by atoms with Crippen molar-refractivity contribution in [3.05, 3.63) is 83.9 Å². The van der Waals surface area contributed by atoms with Crippen LogP contribution in [0.4, 0.5) is 0 Å². The van der Waals surface area contributed by atoms with E-state index in [2.05, 4.69) is 5.32 Å². The molecule has 3 amide bonds. The second-order valence-electron chi connectivity index (χ2n) is 9.39. The smallest absolute Gasteiger partial charge is 0.243 e. The van der Waals surface area contributed by atoms with Gasteiger partial charge in [-0.25, -0.2) is 0 Å². The number of unbranched alkanes of at least 4 members (excludes halogenated alkanes) is 1.